The quantitative estimate of drug-likeness (QED) is 0.332. The smallest absolute Gasteiger partial charge is 0.268 e. The van der Waals surface area contributed by atoms with Crippen LogP contribution in [0, 0.1) is 0 Å². The van der Waals surface area contributed by atoms with Gasteiger partial charge in [0.15, 0.2) is 5.75 Å². The molecule has 1 N–H and O–H groups in total. The summed E-state index contributed by atoms with van der Waals surface area (Å²) >= 11 is 0. The molecule has 3 aromatic carbocycles. The van der Waals surface area contributed by atoms with Gasteiger partial charge in [0, 0.05) is 23.0 Å². The highest BCUT2D eigenvalue weighted by atomic mass is 32.2. The number of rotatable bonds is 7. The Labute approximate surface area is 186 Å². The molecule has 4 rings (SSSR count). The average Bonchev–Trinajstić information content (AvgIpc) is 2.96. The molecule has 0 fully saturated rings. The standard InChI is InChI=1S/C24H25NO6S/c1-24(2)18-11-10-15-8-4-5-9-16(15)20(18)25(12-6-7-13-32(28,29)30)19(24)14-17-21(26)22(27)23(17)31-3/h4-5,8-11,14H,6-7,12-13H2,1-3H3,(H,28,29,30). The Morgan fingerprint density at radius 3 is 2.47 bits per heavy atom. The van der Waals surface area contributed by atoms with Gasteiger partial charge in [0.1, 0.15) is 0 Å². The molecule has 0 atom stereocenters. The van der Waals surface area contributed by atoms with Crippen LogP contribution in [0.4, 0.5) is 5.69 Å². The van der Waals surface area contributed by atoms with Crippen LogP contribution in [0.1, 0.15) is 37.8 Å². The third-order valence-corrected chi connectivity index (χ3v) is 7.00. The van der Waals surface area contributed by atoms with Gasteiger partial charge in [-0.25, -0.2) is 0 Å². The number of ether oxygens (including phenoxy) is 1. The minimum absolute atomic E-state index is 0.0606. The van der Waals surface area contributed by atoms with Crippen LogP contribution in [0.25, 0.3) is 16.8 Å². The van der Waals surface area contributed by atoms with Crippen molar-refractivity contribution in [3.8, 4) is 5.75 Å². The first-order valence-corrected chi connectivity index (χ1v) is 12.0. The van der Waals surface area contributed by atoms with Crippen molar-refractivity contribution >= 4 is 32.7 Å². The third-order valence-electron chi connectivity index (χ3n) is 6.20. The van der Waals surface area contributed by atoms with E-state index in [1.165, 1.54) is 7.11 Å². The lowest BCUT2D eigenvalue weighted by Crippen LogP contribution is -2.36. The van der Waals surface area contributed by atoms with Crippen LogP contribution in [0.5, 0.6) is 5.75 Å². The van der Waals surface area contributed by atoms with E-state index in [4.69, 9.17) is 9.29 Å². The molecule has 0 spiro atoms. The highest BCUT2D eigenvalue weighted by molar-refractivity contribution is 7.85. The van der Waals surface area contributed by atoms with E-state index >= 15 is 0 Å². The molecule has 0 bridgehead atoms. The molecular formula is C24H25NO6S. The van der Waals surface area contributed by atoms with Gasteiger partial charge in [-0.2, -0.15) is 8.42 Å². The van der Waals surface area contributed by atoms with E-state index < -0.39 is 26.4 Å². The first kappa shape index (κ1) is 22.2. The normalized spacial score (nSPS) is 16.8. The lowest BCUT2D eigenvalue weighted by Gasteiger charge is -2.28. The lowest BCUT2D eigenvalue weighted by atomic mass is 9.82. The maximum Gasteiger partial charge on any atom is 0.268 e. The van der Waals surface area contributed by atoms with Crippen molar-refractivity contribution in [2.45, 2.75) is 32.1 Å². The summed E-state index contributed by atoms with van der Waals surface area (Å²) in [6.45, 7) is 4.61. The lowest BCUT2D eigenvalue weighted by molar-refractivity contribution is 0.404. The van der Waals surface area contributed by atoms with Crippen molar-refractivity contribution in [1.82, 2.24) is 0 Å². The van der Waals surface area contributed by atoms with Gasteiger partial charge in [-0.05, 0) is 29.9 Å². The summed E-state index contributed by atoms with van der Waals surface area (Å²) in [5.74, 6) is -0.247. The summed E-state index contributed by atoms with van der Waals surface area (Å²) in [6.07, 6.45) is 2.53. The maximum atomic E-state index is 12.2. The third kappa shape index (κ3) is 3.63. The number of benzene rings is 2. The van der Waals surface area contributed by atoms with Crippen molar-refractivity contribution in [3.05, 3.63) is 73.7 Å². The summed E-state index contributed by atoms with van der Waals surface area (Å²) < 4.78 is 36.5. The van der Waals surface area contributed by atoms with Crippen LogP contribution in [-0.2, 0) is 15.5 Å². The fourth-order valence-corrected chi connectivity index (χ4v) is 5.12. The highest BCUT2D eigenvalue weighted by Crippen LogP contribution is 2.51. The minimum atomic E-state index is -4.03. The Balaban J connectivity index is 1.84. The number of fused-ring (bicyclic) bond motifs is 3. The fraction of sp³-hybridized carbons (Fsp3) is 0.333. The van der Waals surface area contributed by atoms with Crippen molar-refractivity contribution in [2.75, 3.05) is 24.3 Å². The molecule has 1 aliphatic rings. The number of anilines is 1. The number of methoxy groups -OCH3 is 1. The van der Waals surface area contributed by atoms with Crippen LogP contribution in [0.15, 0.2) is 51.7 Å². The number of unbranched alkanes of at least 4 members (excludes halogenated alkanes) is 1. The Kier molecular flexibility index (Phi) is 5.46. The SMILES string of the molecule is COc1c(C=C2N(CCCCS(=O)(=O)O)c3c(ccc4ccccc34)C2(C)C)c(=O)c1=O. The number of hydrogen-bond donors (Lipinski definition) is 1. The molecule has 0 radical (unpaired) electrons. The predicted molar refractivity (Wildman–Crippen MR) is 126 cm³/mol. The Morgan fingerprint density at radius 1 is 1.06 bits per heavy atom. The van der Waals surface area contributed by atoms with Crippen LogP contribution in [0.2, 0.25) is 0 Å². The van der Waals surface area contributed by atoms with E-state index in [1.54, 1.807) is 6.08 Å². The van der Waals surface area contributed by atoms with Crippen molar-refractivity contribution in [1.29, 1.82) is 0 Å². The predicted octanol–water partition coefficient (Wildman–Crippen LogP) is 3.25. The molecule has 0 unspecified atom stereocenters. The Hall–Kier alpha value is -2.97. The first-order chi connectivity index (χ1) is 15.1. The second-order valence-corrected chi connectivity index (χ2v) is 10.2. The van der Waals surface area contributed by atoms with Gasteiger partial charge in [0.05, 0.1) is 24.1 Å². The van der Waals surface area contributed by atoms with Crippen LogP contribution in [0.3, 0.4) is 0 Å². The number of nitrogens with zero attached hydrogens (tertiary/aromatic N) is 1. The molecule has 0 aromatic heterocycles. The first-order valence-electron chi connectivity index (χ1n) is 10.4. The van der Waals surface area contributed by atoms with Crippen LogP contribution < -0.4 is 20.5 Å². The molecule has 168 valence electrons. The van der Waals surface area contributed by atoms with E-state index in [0.717, 1.165) is 27.7 Å². The van der Waals surface area contributed by atoms with Gasteiger partial charge in [-0.1, -0.05) is 50.2 Å². The second-order valence-electron chi connectivity index (χ2n) is 8.59. The van der Waals surface area contributed by atoms with E-state index in [-0.39, 0.29) is 17.1 Å². The molecule has 8 heteroatoms. The molecule has 3 aromatic rings. The number of hydrogen-bond acceptors (Lipinski definition) is 6. The van der Waals surface area contributed by atoms with Gasteiger partial charge >= 0.3 is 0 Å². The molecule has 0 saturated heterocycles. The van der Waals surface area contributed by atoms with Crippen LogP contribution in [-0.4, -0.2) is 32.4 Å². The largest absolute Gasteiger partial charge is 0.492 e. The zero-order valence-corrected chi connectivity index (χ0v) is 19.0. The van der Waals surface area contributed by atoms with Gasteiger partial charge in [0.2, 0.25) is 5.43 Å². The summed E-state index contributed by atoms with van der Waals surface area (Å²) in [6, 6.07) is 12.1. The van der Waals surface area contributed by atoms with Gasteiger partial charge in [0.25, 0.3) is 15.5 Å². The summed E-state index contributed by atoms with van der Waals surface area (Å²) in [5, 5.41) is 2.12. The van der Waals surface area contributed by atoms with Crippen molar-refractivity contribution in [2.24, 2.45) is 0 Å². The molecular weight excluding hydrogens is 430 g/mol. The molecule has 1 heterocycles. The molecule has 32 heavy (non-hydrogen) atoms. The number of allylic oxidation sites excluding steroid dienone is 1. The van der Waals surface area contributed by atoms with Gasteiger partial charge in [-0.3, -0.25) is 14.1 Å². The topological polar surface area (TPSA) is 101 Å². The molecule has 0 saturated carbocycles. The minimum Gasteiger partial charge on any atom is -0.492 e. The molecule has 1 aliphatic heterocycles. The van der Waals surface area contributed by atoms with Crippen molar-refractivity contribution < 1.29 is 17.7 Å². The zero-order valence-electron chi connectivity index (χ0n) is 18.2. The Bertz CT molecular complexity index is 1410. The van der Waals surface area contributed by atoms with Gasteiger partial charge in [-0.15, -0.1) is 0 Å². The summed E-state index contributed by atoms with van der Waals surface area (Å²) in [5.41, 5.74) is 1.50. The zero-order chi connectivity index (χ0) is 23.3. The van der Waals surface area contributed by atoms with Crippen molar-refractivity contribution in [3.63, 3.8) is 0 Å². The Morgan fingerprint density at radius 2 is 1.78 bits per heavy atom. The average molecular weight is 456 g/mol. The van der Waals surface area contributed by atoms with Crippen LogP contribution >= 0.6 is 0 Å². The molecule has 7 nitrogen and oxygen atoms in total. The highest BCUT2D eigenvalue weighted by Gasteiger charge is 2.41. The van der Waals surface area contributed by atoms with E-state index in [2.05, 4.69) is 30.9 Å². The van der Waals surface area contributed by atoms with E-state index in [9.17, 15) is 18.0 Å². The summed E-state index contributed by atoms with van der Waals surface area (Å²) in [4.78, 5) is 26.2. The maximum absolute atomic E-state index is 12.2. The van der Waals surface area contributed by atoms with E-state index in [0.29, 0.717) is 19.4 Å². The molecule has 0 aliphatic carbocycles. The molecule has 0 amide bonds. The summed E-state index contributed by atoms with van der Waals surface area (Å²) in [7, 11) is -2.66. The van der Waals surface area contributed by atoms with Gasteiger partial charge < -0.3 is 9.64 Å². The van der Waals surface area contributed by atoms with E-state index in [1.807, 2.05) is 24.3 Å². The fourth-order valence-electron chi connectivity index (χ4n) is 4.55. The second kappa shape index (κ2) is 7.86. The monoisotopic (exact) mass is 455 g/mol.